The Morgan fingerprint density at radius 2 is 1.63 bits per heavy atom. The molecule has 2 amide bonds. The van der Waals surface area contributed by atoms with Gasteiger partial charge in [-0.2, -0.15) is 26.3 Å². The van der Waals surface area contributed by atoms with E-state index in [4.69, 9.17) is 4.74 Å². The minimum Gasteiger partial charge on any atom is -0.481 e. The first-order valence-electron chi connectivity index (χ1n) is 17.8. The number of carbonyl (C=O) groups is 3. The van der Waals surface area contributed by atoms with Crippen LogP contribution in [0.3, 0.4) is 0 Å². The molecule has 2 saturated heterocycles. The Kier molecular flexibility index (Phi) is 11.8. The molecule has 2 unspecified atom stereocenters. The molecule has 0 radical (unpaired) electrons. The van der Waals surface area contributed by atoms with Gasteiger partial charge in [-0.25, -0.2) is 4.58 Å². The summed E-state index contributed by atoms with van der Waals surface area (Å²) in [5, 5.41) is 9.37. The Morgan fingerprint density at radius 3 is 2.22 bits per heavy atom. The average Bonchev–Trinajstić information content (AvgIpc) is 3.13. The molecule has 9 nitrogen and oxygen atoms in total. The Balaban J connectivity index is 1.55. The highest BCUT2D eigenvalue weighted by atomic mass is 19.4. The number of pyridine rings is 1. The number of benzene rings is 2. The molecule has 5 rings (SSSR count). The summed E-state index contributed by atoms with van der Waals surface area (Å²) in [6.07, 6.45) is -6.09. The quantitative estimate of drug-likeness (QED) is 0.126. The number of ether oxygens (including phenoxy) is 1. The summed E-state index contributed by atoms with van der Waals surface area (Å²) in [6.45, 7) is 6.32. The number of halogens is 6. The van der Waals surface area contributed by atoms with Crippen molar-refractivity contribution in [1.82, 2.24) is 14.8 Å². The number of hydrogen-bond donors (Lipinski definition) is 1. The molecule has 3 aromatic rings. The van der Waals surface area contributed by atoms with Crippen molar-refractivity contribution in [2.45, 2.75) is 87.8 Å². The average molecular weight is 762 g/mol. The van der Waals surface area contributed by atoms with E-state index in [2.05, 4.69) is 11.7 Å². The Morgan fingerprint density at radius 1 is 0.963 bits per heavy atom. The first-order chi connectivity index (χ1) is 25.4. The highest BCUT2D eigenvalue weighted by Crippen LogP contribution is 2.43. The minimum absolute atomic E-state index is 0.00360. The van der Waals surface area contributed by atoms with Gasteiger partial charge in [-0.3, -0.25) is 19.4 Å². The van der Waals surface area contributed by atoms with Crippen LogP contribution in [-0.4, -0.2) is 87.3 Å². The SMILES string of the molecule is C=[N+](C)C1(c2ccccc2CCC(=O)O)CCN(C(=O)C2(Oc3ccc(C(F)(F)F)cc3)CCCN(C(=O)c3cnccc3C(F)(F)F)C2CCC)CC1. The van der Waals surface area contributed by atoms with Gasteiger partial charge in [0, 0.05) is 63.3 Å². The fourth-order valence-corrected chi connectivity index (χ4v) is 7.93. The minimum atomic E-state index is -4.87. The van der Waals surface area contributed by atoms with Gasteiger partial charge in [0.15, 0.2) is 5.54 Å². The molecule has 290 valence electrons. The van der Waals surface area contributed by atoms with Gasteiger partial charge < -0.3 is 19.6 Å². The first-order valence-corrected chi connectivity index (χ1v) is 17.8. The summed E-state index contributed by atoms with van der Waals surface area (Å²) in [6, 6.07) is 10.9. The summed E-state index contributed by atoms with van der Waals surface area (Å²) in [5.74, 6) is -2.54. The van der Waals surface area contributed by atoms with E-state index in [0.717, 1.165) is 47.8 Å². The number of piperidine rings is 2. The number of nitrogens with zero attached hydrogens (tertiary/aromatic N) is 4. The van der Waals surface area contributed by atoms with E-state index in [0.29, 0.717) is 25.3 Å². The van der Waals surface area contributed by atoms with Crippen molar-refractivity contribution < 1.29 is 55.1 Å². The predicted octanol–water partition coefficient (Wildman–Crippen LogP) is 7.22. The second-order valence-corrected chi connectivity index (χ2v) is 13.9. The molecule has 1 N–H and O–H groups in total. The van der Waals surface area contributed by atoms with Crippen LogP contribution < -0.4 is 4.74 Å². The van der Waals surface area contributed by atoms with Gasteiger partial charge in [0.1, 0.15) is 19.5 Å². The van der Waals surface area contributed by atoms with Crippen molar-refractivity contribution in [1.29, 1.82) is 0 Å². The van der Waals surface area contributed by atoms with Gasteiger partial charge in [0.2, 0.25) is 5.60 Å². The van der Waals surface area contributed by atoms with Gasteiger partial charge in [-0.05, 0) is 55.2 Å². The highest BCUT2D eigenvalue weighted by Gasteiger charge is 2.57. The van der Waals surface area contributed by atoms with Crippen LogP contribution >= 0.6 is 0 Å². The molecule has 15 heteroatoms. The molecule has 2 atom stereocenters. The molecule has 0 aliphatic carbocycles. The van der Waals surface area contributed by atoms with Gasteiger partial charge in [0.05, 0.1) is 22.7 Å². The Bertz CT molecular complexity index is 1860. The molecule has 2 aliphatic rings. The van der Waals surface area contributed by atoms with Crippen molar-refractivity contribution in [3.63, 3.8) is 0 Å². The fourth-order valence-electron chi connectivity index (χ4n) is 7.93. The van der Waals surface area contributed by atoms with Crippen molar-refractivity contribution in [3.8, 4) is 5.75 Å². The van der Waals surface area contributed by atoms with Gasteiger partial charge >= 0.3 is 18.3 Å². The zero-order valence-electron chi connectivity index (χ0n) is 30.1. The summed E-state index contributed by atoms with van der Waals surface area (Å²) in [7, 11) is 1.80. The lowest BCUT2D eigenvalue weighted by molar-refractivity contribution is -0.591. The van der Waals surface area contributed by atoms with E-state index in [1.165, 1.54) is 4.90 Å². The molecule has 1 aromatic heterocycles. The number of carboxylic acid groups (broad SMARTS) is 1. The second-order valence-electron chi connectivity index (χ2n) is 13.9. The normalized spacial score (nSPS) is 20.3. The zero-order valence-corrected chi connectivity index (χ0v) is 30.1. The number of hydrogen-bond acceptors (Lipinski definition) is 5. The van der Waals surface area contributed by atoms with Crippen LogP contribution in [0.5, 0.6) is 5.75 Å². The number of likely N-dealkylation sites (tertiary alicyclic amines) is 2. The number of aromatic nitrogens is 1. The lowest BCUT2D eigenvalue weighted by atomic mass is 9.76. The molecular formula is C39H43F6N4O5+. The molecule has 0 saturated carbocycles. The van der Waals surface area contributed by atoms with Crippen molar-refractivity contribution in [3.05, 3.63) is 94.8 Å². The number of rotatable bonds is 11. The zero-order chi connectivity index (χ0) is 39.5. The third kappa shape index (κ3) is 8.09. The molecule has 2 aliphatic heterocycles. The molecule has 3 heterocycles. The van der Waals surface area contributed by atoms with E-state index in [-0.39, 0.29) is 57.5 Å². The van der Waals surface area contributed by atoms with Gasteiger partial charge in [-0.15, -0.1) is 0 Å². The Labute approximate surface area is 309 Å². The third-order valence-corrected chi connectivity index (χ3v) is 10.6. The summed E-state index contributed by atoms with van der Waals surface area (Å²) in [4.78, 5) is 47.2. The topological polar surface area (TPSA) is 103 Å². The van der Waals surface area contributed by atoms with E-state index in [9.17, 15) is 41.0 Å². The fraction of sp³-hybridized carbons (Fsp3) is 0.462. The van der Waals surface area contributed by atoms with Crippen LogP contribution in [0.2, 0.25) is 0 Å². The smallest absolute Gasteiger partial charge is 0.417 e. The number of aryl methyl sites for hydroxylation is 1. The molecule has 0 spiro atoms. The Hall–Kier alpha value is -4.95. The predicted molar refractivity (Wildman–Crippen MR) is 186 cm³/mol. The maximum atomic E-state index is 15.1. The standard InChI is InChI=1S/C39H42F6N4O5/c1-4-8-32-37(54-28-14-12-27(13-15-28)38(40,41)42,18-7-22-49(32)34(52)29-25-46-21-17-31(29)39(43,44)45)35(53)48-23-19-36(20-24-48,47(2)3)30-10-6-5-9-26(30)11-16-33(50)51/h5-6,9-10,12-15,17,21,25,32H,2,4,7-8,11,16,18-20,22-24H2,1,3H3/p+1. The van der Waals surface area contributed by atoms with Crippen molar-refractivity contribution in [2.24, 2.45) is 0 Å². The number of carboxylic acids is 1. The van der Waals surface area contributed by atoms with Crippen LogP contribution in [0.4, 0.5) is 26.3 Å². The van der Waals surface area contributed by atoms with E-state index < -0.39 is 64.0 Å². The lowest BCUT2D eigenvalue weighted by Gasteiger charge is -2.51. The van der Waals surface area contributed by atoms with Crippen molar-refractivity contribution in [2.75, 3.05) is 26.7 Å². The maximum absolute atomic E-state index is 15.1. The largest absolute Gasteiger partial charge is 0.481 e. The van der Waals surface area contributed by atoms with E-state index >= 15 is 4.79 Å². The van der Waals surface area contributed by atoms with E-state index in [1.54, 1.807) is 23.4 Å². The van der Waals surface area contributed by atoms with Gasteiger partial charge in [-0.1, -0.05) is 37.6 Å². The molecule has 2 fully saturated rings. The summed E-state index contributed by atoms with van der Waals surface area (Å²) < 4.78 is 91.0. The van der Waals surface area contributed by atoms with Crippen LogP contribution in [0.15, 0.2) is 67.0 Å². The van der Waals surface area contributed by atoms with Gasteiger partial charge in [0.25, 0.3) is 11.8 Å². The molecular weight excluding hydrogens is 718 g/mol. The molecule has 0 bridgehead atoms. The molecule has 2 aromatic carbocycles. The van der Waals surface area contributed by atoms with Crippen LogP contribution in [-0.2, 0) is 33.9 Å². The second kappa shape index (κ2) is 15.8. The maximum Gasteiger partial charge on any atom is 0.417 e. The highest BCUT2D eigenvalue weighted by molar-refractivity contribution is 5.97. The number of aliphatic carboxylic acids is 1. The van der Waals surface area contributed by atoms with Crippen LogP contribution in [0.25, 0.3) is 0 Å². The third-order valence-electron chi connectivity index (χ3n) is 10.6. The van der Waals surface area contributed by atoms with Crippen LogP contribution in [0, 0.1) is 0 Å². The lowest BCUT2D eigenvalue weighted by Crippen LogP contribution is -2.69. The van der Waals surface area contributed by atoms with Crippen LogP contribution in [0.1, 0.15) is 84.5 Å². The number of amides is 2. The molecule has 54 heavy (non-hydrogen) atoms. The van der Waals surface area contributed by atoms with E-state index in [1.807, 2.05) is 24.3 Å². The van der Waals surface area contributed by atoms with Crippen molar-refractivity contribution >= 4 is 24.5 Å². The number of alkyl halides is 6. The number of carbonyl (C=O) groups excluding carboxylic acids is 2. The monoisotopic (exact) mass is 761 g/mol. The summed E-state index contributed by atoms with van der Waals surface area (Å²) >= 11 is 0. The first kappa shape index (κ1) is 40.2. The summed E-state index contributed by atoms with van der Waals surface area (Å²) in [5.41, 5.74) is -3.68.